The molecular formula is C10H17N5O2. The first kappa shape index (κ1) is 13.0. The summed E-state index contributed by atoms with van der Waals surface area (Å²) >= 11 is 0. The molecule has 5 N–H and O–H groups in total. The number of anilines is 3. The third-order valence-electron chi connectivity index (χ3n) is 2.00. The Bertz CT molecular complexity index is 383. The fourth-order valence-electron chi connectivity index (χ4n) is 1.21. The second-order valence-corrected chi connectivity index (χ2v) is 3.52. The quantitative estimate of drug-likeness (QED) is 0.519. The van der Waals surface area contributed by atoms with Gasteiger partial charge in [-0.05, 0) is 6.42 Å². The van der Waals surface area contributed by atoms with Crippen molar-refractivity contribution in [3.8, 4) is 0 Å². The molecule has 0 atom stereocenters. The van der Waals surface area contributed by atoms with Crippen molar-refractivity contribution in [1.29, 1.82) is 0 Å². The number of carbonyl (C=O) groups is 1. The van der Waals surface area contributed by atoms with Gasteiger partial charge in [0.25, 0.3) is 0 Å². The van der Waals surface area contributed by atoms with Gasteiger partial charge in [-0.3, -0.25) is 4.79 Å². The van der Waals surface area contributed by atoms with Crippen molar-refractivity contribution in [2.75, 3.05) is 29.5 Å². The third kappa shape index (κ3) is 5.01. The van der Waals surface area contributed by atoms with Gasteiger partial charge in [-0.1, -0.05) is 13.3 Å². The molecule has 7 nitrogen and oxygen atoms in total. The van der Waals surface area contributed by atoms with Gasteiger partial charge in [-0.2, -0.15) is 9.97 Å². The van der Waals surface area contributed by atoms with E-state index < -0.39 is 5.97 Å². The summed E-state index contributed by atoms with van der Waals surface area (Å²) in [7, 11) is 0. The van der Waals surface area contributed by atoms with Crippen LogP contribution in [0.3, 0.4) is 0 Å². The molecule has 0 radical (unpaired) electrons. The highest BCUT2D eigenvalue weighted by Crippen LogP contribution is 2.12. The van der Waals surface area contributed by atoms with Crippen molar-refractivity contribution in [3.05, 3.63) is 6.07 Å². The van der Waals surface area contributed by atoms with Gasteiger partial charge >= 0.3 is 5.97 Å². The SMILES string of the molecule is CCCCNc1cc(NCC(=O)O)nc(N)n1. The zero-order valence-electron chi connectivity index (χ0n) is 9.73. The Morgan fingerprint density at radius 2 is 2.06 bits per heavy atom. The lowest BCUT2D eigenvalue weighted by molar-refractivity contribution is -0.134. The Kier molecular flexibility index (Phi) is 4.99. The van der Waals surface area contributed by atoms with Crippen LogP contribution in [0.4, 0.5) is 17.6 Å². The molecule has 0 aliphatic carbocycles. The number of hydrogen-bond donors (Lipinski definition) is 4. The maximum Gasteiger partial charge on any atom is 0.322 e. The molecule has 0 aliphatic rings. The van der Waals surface area contributed by atoms with Gasteiger partial charge in [0.15, 0.2) is 0 Å². The standard InChI is InChI=1S/C10H17N5O2/c1-2-3-4-12-7-5-8(13-6-9(16)17)15-10(11)14-7/h5H,2-4,6H2,1H3,(H,16,17)(H4,11,12,13,14,15). The number of nitrogens with two attached hydrogens (primary N) is 1. The first-order chi connectivity index (χ1) is 8.11. The van der Waals surface area contributed by atoms with Crippen molar-refractivity contribution < 1.29 is 9.90 Å². The highest BCUT2D eigenvalue weighted by atomic mass is 16.4. The summed E-state index contributed by atoms with van der Waals surface area (Å²) in [6, 6.07) is 1.63. The van der Waals surface area contributed by atoms with Crippen molar-refractivity contribution in [1.82, 2.24) is 9.97 Å². The van der Waals surface area contributed by atoms with Crippen LogP contribution >= 0.6 is 0 Å². The van der Waals surface area contributed by atoms with Crippen LogP contribution in [0.5, 0.6) is 0 Å². The van der Waals surface area contributed by atoms with E-state index in [0.717, 1.165) is 19.4 Å². The topological polar surface area (TPSA) is 113 Å². The molecule has 0 saturated heterocycles. The Hall–Kier alpha value is -2.05. The summed E-state index contributed by atoms with van der Waals surface area (Å²) < 4.78 is 0. The highest BCUT2D eigenvalue weighted by molar-refractivity contribution is 5.72. The predicted molar refractivity (Wildman–Crippen MR) is 66.0 cm³/mol. The Morgan fingerprint density at radius 1 is 1.41 bits per heavy atom. The number of hydrogen-bond acceptors (Lipinski definition) is 6. The lowest BCUT2D eigenvalue weighted by atomic mass is 10.3. The molecule has 0 aromatic carbocycles. The van der Waals surface area contributed by atoms with E-state index in [-0.39, 0.29) is 12.5 Å². The zero-order chi connectivity index (χ0) is 12.7. The van der Waals surface area contributed by atoms with Crippen molar-refractivity contribution >= 4 is 23.6 Å². The van der Waals surface area contributed by atoms with E-state index in [1.54, 1.807) is 6.07 Å². The molecule has 0 unspecified atom stereocenters. The molecule has 0 spiro atoms. The number of nitrogen functional groups attached to an aromatic ring is 1. The highest BCUT2D eigenvalue weighted by Gasteiger charge is 2.03. The molecule has 0 amide bonds. The van der Waals surface area contributed by atoms with Gasteiger partial charge in [0.05, 0.1) is 0 Å². The minimum Gasteiger partial charge on any atom is -0.480 e. The summed E-state index contributed by atoms with van der Waals surface area (Å²) in [5, 5.41) is 14.3. The number of aliphatic carboxylic acids is 1. The van der Waals surface area contributed by atoms with Gasteiger partial charge in [0.2, 0.25) is 5.95 Å². The number of unbranched alkanes of at least 4 members (excludes halogenated alkanes) is 1. The molecule has 0 bridgehead atoms. The number of rotatable bonds is 7. The average Bonchev–Trinajstić information content (AvgIpc) is 2.26. The van der Waals surface area contributed by atoms with Crippen LogP contribution in [-0.4, -0.2) is 34.1 Å². The molecule has 94 valence electrons. The van der Waals surface area contributed by atoms with Crippen molar-refractivity contribution in [2.24, 2.45) is 0 Å². The van der Waals surface area contributed by atoms with E-state index in [4.69, 9.17) is 10.8 Å². The fraction of sp³-hybridized carbons (Fsp3) is 0.500. The van der Waals surface area contributed by atoms with Gasteiger partial charge in [0, 0.05) is 12.6 Å². The predicted octanol–water partition coefficient (Wildman–Crippen LogP) is 0.767. The van der Waals surface area contributed by atoms with Gasteiger partial charge in [-0.25, -0.2) is 0 Å². The summed E-state index contributed by atoms with van der Waals surface area (Å²) in [5.74, 6) is 0.153. The molecule has 1 rings (SSSR count). The third-order valence-corrected chi connectivity index (χ3v) is 2.00. The molecular weight excluding hydrogens is 222 g/mol. The van der Waals surface area contributed by atoms with E-state index in [0.29, 0.717) is 11.6 Å². The van der Waals surface area contributed by atoms with Crippen LogP contribution in [0.2, 0.25) is 0 Å². The number of carboxylic acid groups (broad SMARTS) is 1. The van der Waals surface area contributed by atoms with Crippen molar-refractivity contribution in [2.45, 2.75) is 19.8 Å². The molecule has 17 heavy (non-hydrogen) atoms. The summed E-state index contributed by atoms with van der Waals surface area (Å²) in [4.78, 5) is 18.3. The Labute approximate surface area is 99.5 Å². The summed E-state index contributed by atoms with van der Waals surface area (Å²) in [6.07, 6.45) is 2.11. The zero-order valence-corrected chi connectivity index (χ0v) is 9.73. The van der Waals surface area contributed by atoms with Crippen LogP contribution < -0.4 is 16.4 Å². The van der Waals surface area contributed by atoms with Crippen LogP contribution in [0.1, 0.15) is 19.8 Å². The minimum atomic E-state index is -0.956. The van der Waals surface area contributed by atoms with Crippen LogP contribution in [-0.2, 0) is 4.79 Å². The maximum atomic E-state index is 10.4. The first-order valence-corrected chi connectivity index (χ1v) is 5.46. The lowest BCUT2D eigenvalue weighted by Crippen LogP contribution is -2.14. The van der Waals surface area contributed by atoms with Crippen molar-refractivity contribution in [3.63, 3.8) is 0 Å². The summed E-state index contributed by atoms with van der Waals surface area (Å²) in [5.41, 5.74) is 5.52. The van der Waals surface area contributed by atoms with Gasteiger partial charge in [0.1, 0.15) is 18.2 Å². The smallest absolute Gasteiger partial charge is 0.322 e. The second-order valence-electron chi connectivity index (χ2n) is 3.52. The van der Waals surface area contributed by atoms with Crippen LogP contribution in [0, 0.1) is 0 Å². The molecule has 1 aromatic rings. The molecule has 0 saturated carbocycles. The van der Waals surface area contributed by atoms with Crippen LogP contribution in [0.25, 0.3) is 0 Å². The summed E-state index contributed by atoms with van der Waals surface area (Å²) in [6.45, 7) is 2.69. The molecule has 1 heterocycles. The maximum absolute atomic E-state index is 10.4. The van der Waals surface area contributed by atoms with E-state index in [2.05, 4.69) is 27.5 Å². The largest absolute Gasteiger partial charge is 0.480 e. The molecule has 0 fully saturated rings. The lowest BCUT2D eigenvalue weighted by Gasteiger charge is -2.08. The van der Waals surface area contributed by atoms with E-state index in [1.165, 1.54) is 0 Å². The molecule has 0 aliphatic heterocycles. The van der Waals surface area contributed by atoms with Crippen LogP contribution in [0.15, 0.2) is 6.07 Å². The molecule has 1 aromatic heterocycles. The van der Waals surface area contributed by atoms with E-state index >= 15 is 0 Å². The first-order valence-electron chi connectivity index (χ1n) is 5.46. The van der Waals surface area contributed by atoms with E-state index in [9.17, 15) is 4.79 Å². The Morgan fingerprint density at radius 3 is 2.65 bits per heavy atom. The average molecular weight is 239 g/mol. The second kappa shape index (κ2) is 6.51. The minimum absolute atomic E-state index is 0.111. The normalized spacial score (nSPS) is 9.94. The number of carboxylic acids is 1. The van der Waals surface area contributed by atoms with Gasteiger partial charge in [-0.15, -0.1) is 0 Å². The monoisotopic (exact) mass is 239 g/mol. The van der Waals surface area contributed by atoms with E-state index in [1.807, 2.05) is 0 Å². The number of nitrogens with zero attached hydrogens (tertiary/aromatic N) is 2. The molecule has 7 heteroatoms. The number of nitrogens with one attached hydrogen (secondary N) is 2. The van der Waals surface area contributed by atoms with Gasteiger partial charge < -0.3 is 21.5 Å². The fourth-order valence-corrected chi connectivity index (χ4v) is 1.21. The Balaban J connectivity index is 2.62. The number of aromatic nitrogens is 2.